The largest absolute Gasteiger partial charge is 0.381 e. The quantitative estimate of drug-likeness (QED) is 0.729. The molecule has 0 aliphatic heterocycles. The van der Waals surface area contributed by atoms with E-state index in [4.69, 9.17) is 0 Å². The molecule has 0 spiro atoms. The van der Waals surface area contributed by atoms with Crippen LogP contribution >= 0.6 is 0 Å². The molecule has 0 radical (unpaired) electrons. The molecule has 0 saturated heterocycles. The molecule has 0 atom stereocenters. The second kappa shape index (κ2) is 5.43. The first-order chi connectivity index (χ1) is 8.27. The molecule has 1 aromatic carbocycles. The molecule has 98 valence electrons. The molecular formula is C17H25N. The lowest BCUT2D eigenvalue weighted by Crippen LogP contribution is -2.43. The van der Waals surface area contributed by atoms with Gasteiger partial charge in [-0.3, -0.25) is 0 Å². The van der Waals surface area contributed by atoms with Crippen molar-refractivity contribution in [1.82, 2.24) is 5.32 Å². The molecule has 0 saturated carbocycles. The molecular weight excluding hydrogens is 218 g/mol. The molecule has 1 rings (SSSR count). The van der Waals surface area contributed by atoms with Crippen molar-refractivity contribution in [2.45, 2.75) is 45.1 Å². The highest BCUT2D eigenvalue weighted by molar-refractivity contribution is 5.24. The molecule has 0 aliphatic carbocycles. The lowest BCUT2D eigenvalue weighted by atomic mass is 9.75. The third-order valence-electron chi connectivity index (χ3n) is 3.18. The van der Waals surface area contributed by atoms with Gasteiger partial charge >= 0.3 is 0 Å². The van der Waals surface area contributed by atoms with Gasteiger partial charge in [0.25, 0.3) is 0 Å². The summed E-state index contributed by atoms with van der Waals surface area (Å²) in [6, 6.07) is 10.6. The number of nitrogens with one attached hydrogen (secondary N) is 1. The molecule has 0 aliphatic rings. The van der Waals surface area contributed by atoms with Gasteiger partial charge < -0.3 is 5.32 Å². The van der Waals surface area contributed by atoms with Crippen molar-refractivity contribution >= 4 is 0 Å². The van der Waals surface area contributed by atoms with E-state index in [0.717, 1.165) is 12.1 Å². The third-order valence-corrected chi connectivity index (χ3v) is 3.18. The van der Waals surface area contributed by atoms with Crippen LogP contribution in [0.2, 0.25) is 0 Å². The van der Waals surface area contributed by atoms with Crippen LogP contribution in [0.5, 0.6) is 0 Å². The predicted octanol–water partition coefficient (Wildman–Crippen LogP) is 4.42. The topological polar surface area (TPSA) is 12.0 Å². The maximum Gasteiger partial charge on any atom is 0.0325 e. The van der Waals surface area contributed by atoms with Gasteiger partial charge in [-0.15, -0.1) is 0 Å². The highest BCUT2D eigenvalue weighted by Crippen LogP contribution is 2.32. The van der Waals surface area contributed by atoms with Crippen molar-refractivity contribution < 1.29 is 0 Å². The Morgan fingerprint density at radius 3 is 2.22 bits per heavy atom. The zero-order chi connectivity index (χ0) is 13.8. The van der Waals surface area contributed by atoms with E-state index in [9.17, 15) is 0 Å². The number of rotatable bonds is 6. The van der Waals surface area contributed by atoms with Gasteiger partial charge in [0.1, 0.15) is 0 Å². The van der Waals surface area contributed by atoms with Crippen LogP contribution in [-0.4, -0.2) is 5.54 Å². The predicted molar refractivity (Wildman–Crippen MR) is 80.6 cm³/mol. The van der Waals surface area contributed by atoms with Gasteiger partial charge in [0, 0.05) is 11.2 Å². The molecule has 0 fully saturated rings. The van der Waals surface area contributed by atoms with Gasteiger partial charge in [0.2, 0.25) is 0 Å². The van der Waals surface area contributed by atoms with E-state index in [1.54, 1.807) is 6.08 Å². The average Bonchev–Trinajstić information content (AvgIpc) is 2.28. The minimum atomic E-state index is -0.00931. The van der Waals surface area contributed by atoms with Crippen LogP contribution in [0.15, 0.2) is 55.3 Å². The molecule has 0 bridgehead atoms. The first-order valence-corrected chi connectivity index (χ1v) is 6.42. The Morgan fingerprint density at radius 1 is 1.17 bits per heavy atom. The fourth-order valence-electron chi connectivity index (χ4n) is 2.63. The first kappa shape index (κ1) is 14.6. The van der Waals surface area contributed by atoms with Gasteiger partial charge in [0.05, 0.1) is 0 Å². The Kier molecular flexibility index (Phi) is 4.39. The second-order valence-corrected chi connectivity index (χ2v) is 6.16. The summed E-state index contributed by atoms with van der Waals surface area (Å²) in [4.78, 5) is 0. The maximum absolute atomic E-state index is 3.93. The lowest BCUT2D eigenvalue weighted by Gasteiger charge is -2.37. The summed E-state index contributed by atoms with van der Waals surface area (Å²) in [7, 11) is 0. The van der Waals surface area contributed by atoms with Gasteiger partial charge in [-0.05, 0) is 37.3 Å². The van der Waals surface area contributed by atoms with Gasteiger partial charge in [0.15, 0.2) is 0 Å². The van der Waals surface area contributed by atoms with Crippen molar-refractivity contribution in [3.63, 3.8) is 0 Å². The SMILES string of the molecule is C=CC(=C)NC(C)(C)CC(C)(C)c1ccccc1. The van der Waals surface area contributed by atoms with Crippen LogP contribution in [-0.2, 0) is 5.41 Å². The van der Waals surface area contributed by atoms with Crippen molar-refractivity contribution in [1.29, 1.82) is 0 Å². The Morgan fingerprint density at radius 2 is 1.72 bits per heavy atom. The minimum Gasteiger partial charge on any atom is -0.381 e. The summed E-state index contributed by atoms with van der Waals surface area (Å²) in [5.74, 6) is 0. The van der Waals surface area contributed by atoms with E-state index < -0.39 is 0 Å². The van der Waals surface area contributed by atoms with Crippen molar-refractivity contribution in [2.75, 3.05) is 0 Å². The normalized spacial score (nSPS) is 12.0. The third kappa shape index (κ3) is 4.06. The lowest BCUT2D eigenvalue weighted by molar-refractivity contribution is 0.310. The number of hydrogen-bond acceptors (Lipinski definition) is 1. The van der Waals surface area contributed by atoms with Crippen LogP contribution in [0.3, 0.4) is 0 Å². The Hall–Kier alpha value is -1.50. The fourth-order valence-corrected chi connectivity index (χ4v) is 2.63. The Bertz CT molecular complexity index is 412. The second-order valence-electron chi connectivity index (χ2n) is 6.16. The fraction of sp³-hybridized carbons (Fsp3) is 0.412. The molecule has 0 unspecified atom stereocenters. The zero-order valence-electron chi connectivity index (χ0n) is 12.1. The van der Waals surface area contributed by atoms with Crippen LogP contribution in [0.25, 0.3) is 0 Å². The smallest absolute Gasteiger partial charge is 0.0325 e. The van der Waals surface area contributed by atoms with E-state index in [-0.39, 0.29) is 11.0 Å². The van der Waals surface area contributed by atoms with Gasteiger partial charge in [-0.1, -0.05) is 57.3 Å². The summed E-state index contributed by atoms with van der Waals surface area (Å²) in [6.07, 6.45) is 2.79. The molecule has 0 aromatic heterocycles. The standard InChI is InChI=1S/C17H25N/c1-7-14(2)18-17(5,6)13-16(3,4)15-11-9-8-10-12-15/h7-12,18H,1-2,13H2,3-6H3. The number of hydrogen-bond donors (Lipinski definition) is 1. The van der Waals surface area contributed by atoms with E-state index in [1.807, 2.05) is 0 Å². The van der Waals surface area contributed by atoms with Crippen molar-refractivity contribution in [3.8, 4) is 0 Å². The van der Waals surface area contributed by atoms with Crippen molar-refractivity contribution in [3.05, 3.63) is 60.8 Å². The van der Waals surface area contributed by atoms with E-state index >= 15 is 0 Å². The molecule has 1 aromatic rings. The number of benzene rings is 1. The molecule has 1 heteroatoms. The zero-order valence-corrected chi connectivity index (χ0v) is 12.1. The average molecular weight is 243 g/mol. The van der Waals surface area contributed by atoms with E-state index in [2.05, 4.69) is 76.5 Å². The minimum absolute atomic E-state index is 0.00931. The maximum atomic E-state index is 3.93. The molecule has 18 heavy (non-hydrogen) atoms. The summed E-state index contributed by atoms with van der Waals surface area (Å²) in [5.41, 5.74) is 2.36. The summed E-state index contributed by atoms with van der Waals surface area (Å²) < 4.78 is 0. The van der Waals surface area contributed by atoms with Crippen molar-refractivity contribution in [2.24, 2.45) is 0 Å². The Balaban J connectivity index is 2.82. The van der Waals surface area contributed by atoms with Gasteiger partial charge in [-0.2, -0.15) is 0 Å². The number of allylic oxidation sites excluding steroid dienone is 1. The van der Waals surface area contributed by atoms with E-state index in [0.29, 0.717) is 0 Å². The summed E-state index contributed by atoms with van der Waals surface area (Å²) in [5, 5.41) is 3.42. The molecule has 0 amide bonds. The monoisotopic (exact) mass is 243 g/mol. The van der Waals surface area contributed by atoms with Crippen LogP contribution in [0, 0.1) is 0 Å². The summed E-state index contributed by atoms with van der Waals surface area (Å²) in [6.45, 7) is 16.6. The summed E-state index contributed by atoms with van der Waals surface area (Å²) >= 11 is 0. The highest BCUT2D eigenvalue weighted by atomic mass is 15.0. The van der Waals surface area contributed by atoms with E-state index in [1.165, 1.54) is 5.56 Å². The first-order valence-electron chi connectivity index (χ1n) is 6.42. The van der Waals surface area contributed by atoms with Crippen LogP contribution < -0.4 is 5.32 Å². The highest BCUT2D eigenvalue weighted by Gasteiger charge is 2.29. The molecule has 0 heterocycles. The van der Waals surface area contributed by atoms with Crippen LogP contribution in [0.1, 0.15) is 39.7 Å². The Labute approximate surface area is 112 Å². The molecule has 1 N–H and O–H groups in total. The van der Waals surface area contributed by atoms with Gasteiger partial charge in [-0.25, -0.2) is 0 Å². The van der Waals surface area contributed by atoms with Crippen LogP contribution in [0.4, 0.5) is 0 Å². The molecule has 1 nitrogen and oxygen atoms in total.